The number of anilines is 1. The van der Waals surface area contributed by atoms with Gasteiger partial charge in [0.25, 0.3) is 5.56 Å². The maximum Gasteiger partial charge on any atom is 0.290 e. The van der Waals surface area contributed by atoms with Crippen molar-refractivity contribution in [3.8, 4) is 0 Å². The van der Waals surface area contributed by atoms with Crippen molar-refractivity contribution in [3.05, 3.63) is 50.9 Å². The molecular weight excluding hydrogens is 262 g/mol. The molecule has 0 unspecified atom stereocenters. The maximum absolute atomic E-state index is 12.2. The number of halogens is 1. The quantitative estimate of drug-likeness (QED) is 0.935. The molecule has 19 heavy (non-hydrogen) atoms. The normalized spacial score (nSPS) is 10.9. The Morgan fingerprint density at radius 1 is 1.32 bits per heavy atom. The van der Waals surface area contributed by atoms with Crippen LogP contribution in [0.5, 0.6) is 0 Å². The molecule has 0 spiro atoms. The number of nitrogens with zero attached hydrogens (tertiary/aromatic N) is 2. The van der Waals surface area contributed by atoms with Crippen molar-refractivity contribution in [1.82, 2.24) is 9.36 Å². The predicted octanol–water partition coefficient (Wildman–Crippen LogP) is 2.65. The first kappa shape index (κ1) is 13.7. The van der Waals surface area contributed by atoms with Crippen LogP contribution in [-0.2, 0) is 13.1 Å². The highest BCUT2D eigenvalue weighted by Gasteiger charge is 2.13. The highest BCUT2D eigenvalue weighted by molar-refractivity contribution is 6.30. The van der Waals surface area contributed by atoms with Gasteiger partial charge >= 0.3 is 0 Å². The molecule has 0 aliphatic heterocycles. The predicted molar refractivity (Wildman–Crippen MR) is 78.7 cm³/mol. The minimum absolute atomic E-state index is 0.133. The molecule has 5 heteroatoms. The van der Waals surface area contributed by atoms with Crippen molar-refractivity contribution in [2.24, 2.45) is 0 Å². The van der Waals surface area contributed by atoms with Gasteiger partial charge in [0, 0.05) is 11.6 Å². The number of rotatable bonds is 4. The summed E-state index contributed by atoms with van der Waals surface area (Å²) in [6.45, 7) is 5.21. The van der Waals surface area contributed by atoms with Crippen molar-refractivity contribution in [2.45, 2.75) is 33.4 Å². The molecule has 2 N–H and O–H groups in total. The molecule has 1 heterocycles. The third-order valence-electron chi connectivity index (χ3n) is 3.19. The minimum atomic E-state index is -0.133. The Morgan fingerprint density at radius 3 is 2.68 bits per heavy atom. The first-order chi connectivity index (χ1) is 9.04. The van der Waals surface area contributed by atoms with E-state index in [-0.39, 0.29) is 5.56 Å². The lowest BCUT2D eigenvalue weighted by atomic mass is 10.2. The summed E-state index contributed by atoms with van der Waals surface area (Å²) in [5, 5.41) is 0.670. The van der Waals surface area contributed by atoms with Crippen LogP contribution in [0.2, 0.25) is 5.02 Å². The Morgan fingerprint density at radius 2 is 2.05 bits per heavy atom. The van der Waals surface area contributed by atoms with E-state index in [0.29, 0.717) is 17.3 Å². The topological polar surface area (TPSA) is 52.9 Å². The van der Waals surface area contributed by atoms with Crippen LogP contribution < -0.4 is 11.3 Å². The van der Waals surface area contributed by atoms with Gasteiger partial charge in [-0.3, -0.25) is 9.48 Å². The van der Waals surface area contributed by atoms with E-state index in [0.717, 1.165) is 24.2 Å². The Bertz CT molecular complexity index is 643. The highest BCUT2D eigenvalue weighted by atomic mass is 35.5. The molecular formula is C14H18ClN3O. The van der Waals surface area contributed by atoms with Crippen molar-refractivity contribution in [3.63, 3.8) is 0 Å². The molecule has 2 aromatic rings. The summed E-state index contributed by atoms with van der Waals surface area (Å²) >= 11 is 5.97. The first-order valence-electron chi connectivity index (χ1n) is 6.34. The Balaban J connectivity index is 2.44. The highest BCUT2D eigenvalue weighted by Crippen LogP contribution is 2.13. The second-order valence-corrected chi connectivity index (χ2v) is 5.05. The largest absolute Gasteiger partial charge is 0.393 e. The zero-order chi connectivity index (χ0) is 14.0. The van der Waals surface area contributed by atoms with Crippen LogP contribution in [-0.4, -0.2) is 9.36 Å². The van der Waals surface area contributed by atoms with Gasteiger partial charge in [-0.15, -0.1) is 0 Å². The number of aromatic nitrogens is 2. The molecule has 102 valence electrons. The lowest BCUT2D eigenvalue weighted by molar-refractivity contribution is 0.457. The Labute approximate surface area is 117 Å². The molecule has 0 aliphatic carbocycles. The molecule has 2 rings (SSSR count). The fourth-order valence-corrected chi connectivity index (χ4v) is 2.40. The van der Waals surface area contributed by atoms with Crippen LogP contribution in [0.1, 0.15) is 24.6 Å². The summed E-state index contributed by atoms with van der Waals surface area (Å²) in [6.07, 6.45) is 0.948. The van der Waals surface area contributed by atoms with Crippen LogP contribution in [0.15, 0.2) is 29.1 Å². The SMILES string of the molecule is CCCn1c(C)c(N)c(=O)n1Cc1cccc(Cl)c1. The van der Waals surface area contributed by atoms with Gasteiger partial charge in [0.1, 0.15) is 5.69 Å². The van der Waals surface area contributed by atoms with Crippen molar-refractivity contribution >= 4 is 17.3 Å². The number of nitrogens with two attached hydrogens (primary N) is 1. The van der Waals surface area contributed by atoms with Gasteiger partial charge in [0.05, 0.1) is 12.2 Å². The van der Waals surface area contributed by atoms with E-state index in [1.54, 1.807) is 4.68 Å². The second kappa shape index (κ2) is 5.53. The van der Waals surface area contributed by atoms with Crippen molar-refractivity contribution < 1.29 is 0 Å². The fourth-order valence-electron chi connectivity index (χ4n) is 2.19. The van der Waals surface area contributed by atoms with Gasteiger partial charge in [-0.05, 0) is 31.0 Å². The van der Waals surface area contributed by atoms with Gasteiger partial charge in [0.15, 0.2) is 0 Å². The molecule has 0 radical (unpaired) electrons. The third kappa shape index (κ3) is 2.68. The standard InChI is InChI=1S/C14H18ClN3O/c1-3-7-17-10(2)13(16)14(19)18(17)9-11-5-4-6-12(15)8-11/h4-6,8H,3,7,9,16H2,1-2H3. The lowest BCUT2D eigenvalue weighted by Crippen LogP contribution is -2.24. The smallest absolute Gasteiger partial charge is 0.290 e. The number of hydrogen-bond acceptors (Lipinski definition) is 2. The Kier molecular flexibility index (Phi) is 4.00. The molecule has 0 atom stereocenters. The van der Waals surface area contributed by atoms with Gasteiger partial charge in [-0.1, -0.05) is 30.7 Å². The van der Waals surface area contributed by atoms with Crippen molar-refractivity contribution in [1.29, 1.82) is 0 Å². The van der Waals surface area contributed by atoms with E-state index < -0.39 is 0 Å². The summed E-state index contributed by atoms with van der Waals surface area (Å²) in [5.74, 6) is 0. The third-order valence-corrected chi connectivity index (χ3v) is 3.43. The molecule has 0 fully saturated rings. The minimum Gasteiger partial charge on any atom is -0.393 e. The molecule has 0 saturated carbocycles. The number of benzene rings is 1. The lowest BCUT2D eigenvalue weighted by Gasteiger charge is -2.12. The molecule has 1 aromatic carbocycles. The average Bonchev–Trinajstić information content (AvgIpc) is 2.57. The summed E-state index contributed by atoms with van der Waals surface area (Å²) in [4.78, 5) is 12.2. The number of nitrogen functional groups attached to an aromatic ring is 1. The van der Waals surface area contributed by atoms with E-state index >= 15 is 0 Å². The van der Waals surface area contributed by atoms with Crippen LogP contribution in [0, 0.1) is 6.92 Å². The van der Waals surface area contributed by atoms with Gasteiger partial charge in [-0.25, -0.2) is 4.68 Å². The zero-order valence-corrected chi connectivity index (χ0v) is 11.9. The summed E-state index contributed by atoms with van der Waals surface area (Å²) < 4.78 is 3.62. The van der Waals surface area contributed by atoms with E-state index in [9.17, 15) is 4.79 Å². The van der Waals surface area contributed by atoms with Gasteiger partial charge < -0.3 is 5.73 Å². The van der Waals surface area contributed by atoms with E-state index in [2.05, 4.69) is 6.92 Å². The van der Waals surface area contributed by atoms with Crippen LogP contribution in [0.25, 0.3) is 0 Å². The van der Waals surface area contributed by atoms with E-state index in [1.807, 2.05) is 35.9 Å². The van der Waals surface area contributed by atoms with E-state index in [4.69, 9.17) is 17.3 Å². The summed E-state index contributed by atoms with van der Waals surface area (Å²) in [6, 6.07) is 7.51. The average molecular weight is 280 g/mol. The van der Waals surface area contributed by atoms with Crippen LogP contribution >= 0.6 is 11.6 Å². The molecule has 0 saturated heterocycles. The van der Waals surface area contributed by atoms with Gasteiger partial charge in [0.2, 0.25) is 0 Å². The fraction of sp³-hybridized carbons (Fsp3) is 0.357. The monoisotopic (exact) mass is 279 g/mol. The maximum atomic E-state index is 12.2. The second-order valence-electron chi connectivity index (χ2n) is 4.61. The molecule has 1 aromatic heterocycles. The molecule has 0 amide bonds. The van der Waals surface area contributed by atoms with Crippen LogP contribution in [0.3, 0.4) is 0 Å². The van der Waals surface area contributed by atoms with Crippen LogP contribution in [0.4, 0.5) is 5.69 Å². The molecule has 4 nitrogen and oxygen atoms in total. The Hall–Kier alpha value is -1.68. The summed E-state index contributed by atoms with van der Waals surface area (Å²) in [7, 11) is 0. The number of hydrogen-bond donors (Lipinski definition) is 1. The van der Waals surface area contributed by atoms with Crippen molar-refractivity contribution in [2.75, 3.05) is 5.73 Å². The first-order valence-corrected chi connectivity index (χ1v) is 6.72. The zero-order valence-electron chi connectivity index (χ0n) is 11.2. The van der Waals surface area contributed by atoms with E-state index in [1.165, 1.54) is 0 Å². The molecule has 0 aliphatic rings. The van der Waals surface area contributed by atoms with Gasteiger partial charge in [-0.2, -0.15) is 0 Å². The molecule has 0 bridgehead atoms. The summed E-state index contributed by atoms with van der Waals surface area (Å²) in [5.41, 5.74) is 7.85.